The number of carbonyl (C=O) groups excluding carboxylic acids is 2. The number of esters is 1. The van der Waals surface area contributed by atoms with Crippen molar-refractivity contribution in [3.63, 3.8) is 0 Å². The van der Waals surface area contributed by atoms with Crippen molar-refractivity contribution in [1.29, 1.82) is 0 Å². The van der Waals surface area contributed by atoms with Crippen LogP contribution in [0.1, 0.15) is 11.1 Å². The molecule has 8 nitrogen and oxygen atoms in total. The van der Waals surface area contributed by atoms with Gasteiger partial charge in [-0.05, 0) is 35.0 Å². The first-order chi connectivity index (χ1) is 14.1. The third-order valence-electron chi connectivity index (χ3n) is 4.16. The lowest BCUT2D eigenvalue weighted by Crippen LogP contribution is -2.43. The first kappa shape index (κ1) is 20.5. The first-order valence-corrected chi connectivity index (χ1v) is 9.94. The molecule has 1 aromatic heterocycles. The summed E-state index contributed by atoms with van der Waals surface area (Å²) in [6.45, 7) is 2.00. The molecule has 9 heteroatoms. The number of nitrogens with one attached hydrogen (secondary N) is 1. The van der Waals surface area contributed by atoms with Crippen LogP contribution in [0.15, 0.2) is 59.8 Å². The summed E-state index contributed by atoms with van der Waals surface area (Å²) < 4.78 is 6.39. The van der Waals surface area contributed by atoms with E-state index in [-0.39, 0.29) is 11.7 Å². The van der Waals surface area contributed by atoms with Crippen LogP contribution in [-0.4, -0.2) is 51.0 Å². The highest BCUT2D eigenvalue weighted by molar-refractivity contribution is 7.99. The van der Waals surface area contributed by atoms with E-state index in [1.165, 1.54) is 18.9 Å². The normalized spacial score (nSPS) is 11.7. The maximum absolute atomic E-state index is 12.4. The van der Waals surface area contributed by atoms with Crippen molar-refractivity contribution in [2.75, 3.05) is 12.9 Å². The Balaban J connectivity index is 1.62. The van der Waals surface area contributed by atoms with Gasteiger partial charge < -0.3 is 10.1 Å². The molecule has 1 amide bonds. The molecule has 0 spiro atoms. The van der Waals surface area contributed by atoms with Crippen molar-refractivity contribution in [1.82, 2.24) is 25.5 Å². The van der Waals surface area contributed by atoms with Gasteiger partial charge in [-0.25, -0.2) is 4.79 Å². The zero-order valence-electron chi connectivity index (χ0n) is 16.1. The largest absolute Gasteiger partial charge is 0.467 e. The molecule has 1 heterocycles. The van der Waals surface area contributed by atoms with Gasteiger partial charge in [-0.3, -0.25) is 4.79 Å². The van der Waals surface area contributed by atoms with E-state index in [2.05, 4.69) is 20.8 Å². The van der Waals surface area contributed by atoms with Crippen LogP contribution in [0.25, 0.3) is 5.69 Å². The molecule has 150 valence electrons. The average molecular weight is 411 g/mol. The number of benzene rings is 2. The number of nitrogens with zero attached hydrogens (tertiary/aromatic N) is 4. The summed E-state index contributed by atoms with van der Waals surface area (Å²) in [4.78, 5) is 24.5. The number of tetrazole rings is 1. The predicted octanol–water partition coefficient (Wildman–Crippen LogP) is 1.96. The standard InChI is InChI=1S/C20H21N5O3S/c1-14-8-10-16(11-9-14)25-20(22-23-24-25)29-13-18(26)21-17(19(27)28-2)12-15-6-4-3-5-7-15/h3-11,17H,12-13H2,1-2H3,(H,21,26)/t17-/m0/s1. The fraction of sp³-hybridized carbons (Fsp3) is 0.250. The van der Waals surface area contributed by atoms with Gasteiger partial charge in [-0.15, -0.1) is 5.10 Å². The topological polar surface area (TPSA) is 99.0 Å². The zero-order valence-corrected chi connectivity index (χ0v) is 16.9. The van der Waals surface area contributed by atoms with Gasteiger partial charge in [0, 0.05) is 6.42 Å². The lowest BCUT2D eigenvalue weighted by atomic mass is 10.1. The number of aryl methyl sites for hydroxylation is 1. The molecule has 0 saturated heterocycles. The second-order valence-corrected chi connectivity index (χ2v) is 7.27. The highest BCUT2D eigenvalue weighted by atomic mass is 32.2. The van der Waals surface area contributed by atoms with Crippen LogP contribution in [0.4, 0.5) is 0 Å². The molecule has 0 radical (unpaired) electrons. The highest BCUT2D eigenvalue weighted by Crippen LogP contribution is 2.18. The van der Waals surface area contributed by atoms with Gasteiger partial charge in [0.25, 0.3) is 0 Å². The molecular formula is C20H21N5O3S. The molecule has 0 saturated carbocycles. The monoisotopic (exact) mass is 411 g/mol. The van der Waals surface area contributed by atoms with Crippen molar-refractivity contribution in [3.05, 3.63) is 65.7 Å². The fourth-order valence-corrected chi connectivity index (χ4v) is 3.37. The van der Waals surface area contributed by atoms with Gasteiger partial charge >= 0.3 is 5.97 Å². The van der Waals surface area contributed by atoms with Crippen molar-refractivity contribution in [3.8, 4) is 5.69 Å². The molecular weight excluding hydrogens is 390 g/mol. The number of hydrogen-bond donors (Lipinski definition) is 1. The van der Waals surface area contributed by atoms with E-state index in [0.717, 1.165) is 16.8 Å². The molecule has 3 rings (SSSR count). The van der Waals surface area contributed by atoms with Crippen LogP contribution in [-0.2, 0) is 20.7 Å². The second-order valence-electron chi connectivity index (χ2n) is 6.33. The Morgan fingerprint density at radius 3 is 2.55 bits per heavy atom. The van der Waals surface area contributed by atoms with Gasteiger partial charge in [0.2, 0.25) is 11.1 Å². The Kier molecular flexibility index (Phi) is 6.96. The SMILES string of the molecule is COC(=O)[C@H](Cc1ccccc1)NC(=O)CSc1nnnn1-c1ccc(C)cc1. The van der Waals surface area contributed by atoms with Crippen molar-refractivity contribution in [2.45, 2.75) is 24.5 Å². The number of rotatable bonds is 8. The van der Waals surface area contributed by atoms with E-state index in [0.29, 0.717) is 11.6 Å². The number of thioether (sulfide) groups is 1. The zero-order chi connectivity index (χ0) is 20.6. The van der Waals surface area contributed by atoms with Gasteiger partial charge in [0.1, 0.15) is 6.04 Å². The van der Waals surface area contributed by atoms with Gasteiger partial charge in [0.15, 0.2) is 0 Å². The second kappa shape index (κ2) is 9.83. The Morgan fingerprint density at radius 2 is 1.86 bits per heavy atom. The van der Waals surface area contributed by atoms with Gasteiger partial charge in [0.05, 0.1) is 18.6 Å². The van der Waals surface area contributed by atoms with Crippen LogP contribution >= 0.6 is 11.8 Å². The quantitative estimate of drug-likeness (QED) is 0.447. The Morgan fingerprint density at radius 1 is 1.14 bits per heavy atom. The number of carbonyl (C=O) groups is 2. The number of aromatic nitrogens is 4. The summed E-state index contributed by atoms with van der Waals surface area (Å²) in [5.41, 5.74) is 2.86. The number of amides is 1. The van der Waals surface area contributed by atoms with Gasteiger partial charge in [-0.1, -0.05) is 59.8 Å². The number of methoxy groups -OCH3 is 1. The first-order valence-electron chi connectivity index (χ1n) is 8.96. The fourth-order valence-electron chi connectivity index (χ4n) is 2.67. The number of ether oxygens (including phenoxy) is 1. The molecule has 0 bridgehead atoms. The van der Waals surface area contributed by atoms with Crippen molar-refractivity contribution < 1.29 is 14.3 Å². The minimum absolute atomic E-state index is 0.0640. The van der Waals surface area contributed by atoms with Gasteiger partial charge in [-0.2, -0.15) is 4.68 Å². The molecule has 1 N–H and O–H groups in total. The van der Waals surface area contributed by atoms with Crippen LogP contribution in [0, 0.1) is 6.92 Å². The average Bonchev–Trinajstić information content (AvgIpc) is 3.21. The molecule has 0 unspecified atom stereocenters. The lowest BCUT2D eigenvalue weighted by molar-refractivity contribution is -0.144. The maximum Gasteiger partial charge on any atom is 0.328 e. The van der Waals surface area contributed by atoms with E-state index in [1.54, 1.807) is 4.68 Å². The molecule has 1 atom stereocenters. The maximum atomic E-state index is 12.4. The van der Waals surface area contributed by atoms with E-state index in [1.807, 2.05) is 61.5 Å². The highest BCUT2D eigenvalue weighted by Gasteiger charge is 2.22. The van der Waals surface area contributed by atoms with E-state index < -0.39 is 12.0 Å². The van der Waals surface area contributed by atoms with Crippen LogP contribution in [0.2, 0.25) is 0 Å². The minimum Gasteiger partial charge on any atom is -0.467 e. The molecule has 0 aliphatic rings. The summed E-state index contributed by atoms with van der Waals surface area (Å²) >= 11 is 1.19. The lowest BCUT2D eigenvalue weighted by Gasteiger charge is -2.16. The Bertz CT molecular complexity index is 960. The molecule has 0 aliphatic heterocycles. The van der Waals surface area contributed by atoms with E-state index in [9.17, 15) is 9.59 Å². The van der Waals surface area contributed by atoms with Crippen LogP contribution in [0.5, 0.6) is 0 Å². The molecule has 29 heavy (non-hydrogen) atoms. The molecule has 3 aromatic rings. The number of hydrogen-bond acceptors (Lipinski definition) is 7. The summed E-state index contributed by atoms with van der Waals surface area (Å²) in [5.74, 6) is -0.731. The van der Waals surface area contributed by atoms with Crippen molar-refractivity contribution in [2.24, 2.45) is 0 Å². The minimum atomic E-state index is -0.761. The van der Waals surface area contributed by atoms with Crippen molar-refractivity contribution >= 4 is 23.6 Å². The smallest absolute Gasteiger partial charge is 0.328 e. The Hall–Kier alpha value is -3.20. The van der Waals surface area contributed by atoms with E-state index in [4.69, 9.17) is 4.74 Å². The van der Waals surface area contributed by atoms with Crippen LogP contribution in [0.3, 0.4) is 0 Å². The van der Waals surface area contributed by atoms with Crippen LogP contribution < -0.4 is 5.32 Å². The molecule has 0 fully saturated rings. The van der Waals surface area contributed by atoms with E-state index >= 15 is 0 Å². The summed E-state index contributed by atoms with van der Waals surface area (Å²) in [6.07, 6.45) is 0.352. The molecule has 2 aromatic carbocycles. The Labute approximate surface area is 172 Å². The summed E-state index contributed by atoms with van der Waals surface area (Å²) in [7, 11) is 1.30. The summed E-state index contributed by atoms with van der Waals surface area (Å²) in [6, 6.07) is 16.4. The summed E-state index contributed by atoms with van der Waals surface area (Å²) in [5, 5.41) is 14.9. The predicted molar refractivity (Wildman–Crippen MR) is 109 cm³/mol. The molecule has 0 aliphatic carbocycles. The third kappa shape index (κ3) is 5.64. The third-order valence-corrected chi connectivity index (χ3v) is 5.07.